The van der Waals surface area contributed by atoms with Crippen molar-refractivity contribution in [2.75, 3.05) is 36.0 Å². The molecule has 0 N–H and O–H groups in total. The van der Waals surface area contributed by atoms with Crippen LogP contribution < -0.4 is 9.80 Å². The highest BCUT2D eigenvalue weighted by atomic mass is 19.4. The van der Waals surface area contributed by atoms with Gasteiger partial charge in [-0.1, -0.05) is 18.2 Å². The molecule has 1 amide bonds. The molecule has 2 aliphatic heterocycles. The van der Waals surface area contributed by atoms with Gasteiger partial charge in [-0.15, -0.1) is 0 Å². The number of halogens is 3. The molecule has 2 heterocycles. The molecule has 0 unspecified atom stereocenters. The van der Waals surface area contributed by atoms with Crippen LogP contribution in [0, 0.1) is 0 Å². The first-order valence-corrected chi connectivity index (χ1v) is 11.7. The zero-order valence-corrected chi connectivity index (χ0v) is 20.2. The number of fused-ring (bicyclic) bond motifs is 1. The summed E-state index contributed by atoms with van der Waals surface area (Å²) in [7, 11) is 0. The molecule has 1 atom stereocenters. The molecule has 2 aliphatic rings. The van der Waals surface area contributed by atoms with Crippen LogP contribution in [-0.2, 0) is 23.9 Å². The van der Waals surface area contributed by atoms with E-state index in [0.717, 1.165) is 16.9 Å². The van der Waals surface area contributed by atoms with Crippen molar-refractivity contribution in [3.8, 4) is 0 Å². The third-order valence-corrected chi connectivity index (χ3v) is 6.41. The van der Waals surface area contributed by atoms with Crippen LogP contribution in [0.2, 0.25) is 0 Å². The van der Waals surface area contributed by atoms with Gasteiger partial charge in [0, 0.05) is 50.1 Å². The van der Waals surface area contributed by atoms with E-state index in [1.54, 1.807) is 11.0 Å². The number of carbonyl (C=O) groups is 1. The smallest absolute Gasteiger partial charge is 0.416 e. The van der Waals surface area contributed by atoms with Crippen LogP contribution in [0.5, 0.6) is 0 Å². The first-order valence-electron chi connectivity index (χ1n) is 11.7. The Morgan fingerprint density at radius 1 is 0.941 bits per heavy atom. The van der Waals surface area contributed by atoms with E-state index in [9.17, 15) is 18.0 Å². The van der Waals surface area contributed by atoms with Gasteiger partial charge in [0.05, 0.1) is 5.56 Å². The highest BCUT2D eigenvalue weighted by Gasteiger charge is 2.38. The predicted octanol–water partition coefficient (Wildman–Crippen LogP) is 5.71. The van der Waals surface area contributed by atoms with Crippen molar-refractivity contribution in [2.45, 2.75) is 58.5 Å². The standard InChI is InChI=1S/C26H32F3N3O2/c1-18-16-31(14-15-32(18)24(33)34-25(2,3)4)23-11-10-22(26(27,28)29)20-12-13-30(17-21(20)23)19-8-6-5-7-9-19/h5-11,18H,12-17H2,1-4H3/t18-/m1/s1. The Morgan fingerprint density at radius 3 is 2.26 bits per heavy atom. The SMILES string of the molecule is C[C@@H]1CN(c2ccc(C(F)(F)F)c3c2CN(c2ccccc2)CC3)CCN1C(=O)OC(C)(C)C. The van der Waals surface area contributed by atoms with E-state index < -0.39 is 17.3 Å². The first-order chi connectivity index (χ1) is 15.9. The zero-order chi connectivity index (χ0) is 24.7. The van der Waals surface area contributed by atoms with E-state index in [0.29, 0.717) is 44.7 Å². The van der Waals surface area contributed by atoms with Crippen molar-refractivity contribution < 1.29 is 22.7 Å². The van der Waals surface area contributed by atoms with E-state index in [1.165, 1.54) is 6.07 Å². The van der Waals surface area contributed by atoms with Gasteiger partial charge in [0.25, 0.3) is 0 Å². The van der Waals surface area contributed by atoms with Crippen LogP contribution in [0.15, 0.2) is 42.5 Å². The Kier molecular flexibility index (Phi) is 6.44. The zero-order valence-electron chi connectivity index (χ0n) is 20.2. The lowest BCUT2D eigenvalue weighted by molar-refractivity contribution is -0.138. The lowest BCUT2D eigenvalue weighted by atomic mass is 9.91. The van der Waals surface area contributed by atoms with Crippen LogP contribution in [0.25, 0.3) is 0 Å². The fourth-order valence-corrected chi connectivity index (χ4v) is 4.85. The highest BCUT2D eigenvalue weighted by Crippen LogP contribution is 2.40. The van der Waals surface area contributed by atoms with E-state index >= 15 is 0 Å². The van der Waals surface area contributed by atoms with Gasteiger partial charge >= 0.3 is 12.3 Å². The molecule has 0 radical (unpaired) electrons. The van der Waals surface area contributed by atoms with Crippen LogP contribution in [0.1, 0.15) is 44.4 Å². The van der Waals surface area contributed by atoms with Crippen LogP contribution >= 0.6 is 0 Å². The van der Waals surface area contributed by atoms with Gasteiger partial charge < -0.3 is 19.4 Å². The van der Waals surface area contributed by atoms with E-state index in [4.69, 9.17) is 4.74 Å². The molecule has 0 aromatic heterocycles. The van der Waals surface area contributed by atoms with E-state index in [2.05, 4.69) is 9.80 Å². The Hall–Kier alpha value is -2.90. The second-order valence-electron chi connectivity index (χ2n) is 10.1. The number of amides is 1. The average Bonchev–Trinajstić information content (AvgIpc) is 2.76. The van der Waals surface area contributed by atoms with Crippen molar-refractivity contribution in [1.82, 2.24) is 4.90 Å². The minimum absolute atomic E-state index is 0.129. The molecule has 8 heteroatoms. The summed E-state index contributed by atoms with van der Waals surface area (Å²) in [4.78, 5) is 18.6. The number of anilines is 2. The summed E-state index contributed by atoms with van der Waals surface area (Å²) in [5.74, 6) is 0. The molecule has 34 heavy (non-hydrogen) atoms. The van der Waals surface area contributed by atoms with Gasteiger partial charge in [-0.2, -0.15) is 13.2 Å². The first kappa shape index (κ1) is 24.2. The number of hydrogen-bond donors (Lipinski definition) is 0. The summed E-state index contributed by atoms with van der Waals surface area (Å²) < 4.78 is 47.0. The number of piperazine rings is 1. The lowest BCUT2D eigenvalue weighted by Gasteiger charge is -2.43. The summed E-state index contributed by atoms with van der Waals surface area (Å²) in [6, 6.07) is 12.5. The van der Waals surface area contributed by atoms with Crippen molar-refractivity contribution in [2.24, 2.45) is 0 Å². The van der Waals surface area contributed by atoms with Crippen molar-refractivity contribution in [1.29, 1.82) is 0 Å². The predicted molar refractivity (Wildman–Crippen MR) is 127 cm³/mol. The maximum absolute atomic E-state index is 13.8. The molecule has 4 rings (SSSR count). The van der Waals surface area contributed by atoms with Crippen molar-refractivity contribution >= 4 is 17.5 Å². The lowest BCUT2D eigenvalue weighted by Crippen LogP contribution is -2.55. The monoisotopic (exact) mass is 475 g/mol. The molecule has 1 saturated heterocycles. The number of nitrogens with zero attached hydrogens (tertiary/aromatic N) is 3. The fraction of sp³-hybridized carbons (Fsp3) is 0.500. The number of carbonyl (C=O) groups excluding carboxylic acids is 1. The summed E-state index contributed by atoms with van der Waals surface area (Å²) in [5.41, 5.74) is 1.81. The van der Waals surface area contributed by atoms with Gasteiger partial charge in [-0.3, -0.25) is 0 Å². The average molecular weight is 476 g/mol. The fourth-order valence-electron chi connectivity index (χ4n) is 4.85. The Balaban J connectivity index is 1.62. The second-order valence-corrected chi connectivity index (χ2v) is 10.1. The Labute approximate surface area is 199 Å². The Bertz CT molecular complexity index is 1030. The molecule has 0 saturated carbocycles. The minimum atomic E-state index is -4.39. The molecular formula is C26H32F3N3O2. The summed E-state index contributed by atoms with van der Waals surface area (Å²) >= 11 is 0. The maximum Gasteiger partial charge on any atom is 0.416 e. The number of benzene rings is 2. The van der Waals surface area contributed by atoms with E-state index in [1.807, 2.05) is 58.0 Å². The van der Waals surface area contributed by atoms with Gasteiger partial charge in [0.1, 0.15) is 5.60 Å². The maximum atomic E-state index is 13.8. The number of ether oxygens (including phenoxy) is 1. The van der Waals surface area contributed by atoms with Crippen molar-refractivity contribution in [3.05, 3.63) is 59.2 Å². The third kappa shape index (κ3) is 5.10. The molecule has 1 fully saturated rings. The Morgan fingerprint density at radius 2 is 1.65 bits per heavy atom. The topological polar surface area (TPSA) is 36.0 Å². The van der Waals surface area contributed by atoms with Gasteiger partial charge in [-0.05, 0) is 69.5 Å². The number of rotatable bonds is 2. The number of alkyl halides is 3. The molecule has 0 bridgehead atoms. The molecule has 0 spiro atoms. The number of hydrogen-bond acceptors (Lipinski definition) is 4. The van der Waals surface area contributed by atoms with Crippen LogP contribution in [0.4, 0.5) is 29.3 Å². The van der Waals surface area contributed by atoms with Gasteiger partial charge in [-0.25, -0.2) is 4.79 Å². The quantitative estimate of drug-likeness (QED) is 0.557. The molecule has 184 valence electrons. The molecule has 0 aliphatic carbocycles. The molecular weight excluding hydrogens is 443 g/mol. The highest BCUT2D eigenvalue weighted by molar-refractivity contribution is 5.70. The molecule has 2 aromatic carbocycles. The van der Waals surface area contributed by atoms with E-state index in [-0.39, 0.29) is 12.1 Å². The van der Waals surface area contributed by atoms with Crippen molar-refractivity contribution in [3.63, 3.8) is 0 Å². The van der Waals surface area contributed by atoms with Crippen LogP contribution in [-0.4, -0.2) is 48.8 Å². The normalized spacial score (nSPS) is 19.1. The summed E-state index contributed by atoms with van der Waals surface area (Å²) in [6.07, 6.45) is -4.41. The van der Waals surface area contributed by atoms with Gasteiger partial charge in [0.15, 0.2) is 0 Å². The number of para-hydroxylation sites is 1. The van der Waals surface area contributed by atoms with Crippen LogP contribution in [0.3, 0.4) is 0 Å². The largest absolute Gasteiger partial charge is 0.444 e. The summed E-state index contributed by atoms with van der Waals surface area (Å²) in [5, 5.41) is 0. The summed E-state index contributed by atoms with van der Waals surface area (Å²) in [6.45, 7) is 9.91. The molecule has 2 aromatic rings. The third-order valence-electron chi connectivity index (χ3n) is 6.41. The minimum Gasteiger partial charge on any atom is -0.444 e. The van der Waals surface area contributed by atoms with Gasteiger partial charge in [0.2, 0.25) is 0 Å². The molecule has 5 nitrogen and oxygen atoms in total. The second kappa shape index (κ2) is 9.04.